The van der Waals surface area contributed by atoms with Crippen molar-refractivity contribution >= 4 is 28.1 Å². The SMILES string of the molecule is CCOC(=O)c1cnc2c3cc([N+](=O)[O-])ccc3ccn2c1=O. The van der Waals surface area contributed by atoms with Crippen LogP contribution in [0.3, 0.4) is 0 Å². The third-order valence-electron chi connectivity index (χ3n) is 3.38. The Hall–Kier alpha value is -3.29. The van der Waals surface area contributed by atoms with E-state index in [1.54, 1.807) is 19.1 Å². The molecule has 3 rings (SSSR count). The van der Waals surface area contributed by atoms with Crippen molar-refractivity contribution in [1.82, 2.24) is 9.38 Å². The lowest BCUT2D eigenvalue weighted by molar-refractivity contribution is -0.384. The van der Waals surface area contributed by atoms with E-state index in [9.17, 15) is 19.7 Å². The number of hydrogen-bond acceptors (Lipinski definition) is 6. The molecule has 0 aliphatic carbocycles. The number of nitro groups is 1. The third kappa shape index (κ3) is 2.39. The summed E-state index contributed by atoms with van der Waals surface area (Å²) in [6, 6.07) is 5.94. The van der Waals surface area contributed by atoms with E-state index >= 15 is 0 Å². The summed E-state index contributed by atoms with van der Waals surface area (Å²) in [6.45, 7) is 1.78. The lowest BCUT2D eigenvalue weighted by atomic mass is 10.1. The summed E-state index contributed by atoms with van der Waals surface area (Å²) in [7, 11) is 0. The number of carbonyl (C=O) groups is 1. The van der Waals surface area contributed by atoms with Gasteiger partial charge in [-0.25, -0.2) is 9.78 Å². The van der Waals surface area contributed by atoms with Gasteiger partial charge in [0.1, 0.15) is 11.2 Å². The molecule has 23 heavy (non-hydrogen) atoms. The average Bonchev–Trinajstić information content (AvgIpc) is 2.54. The highest BCUT2D eigenvalue weighted by Crippen LogP contribution is 2.23. The van der Waals surface area contributed by atoms with Gasteiger partial charge in [0.2, 0.25) is 0 Å². The molecule has 0 spiro atoms. The van der Waals surface area contributed by atoms with Crippen LogP contribution in [-0.4, -0.2) is 26.9 Å². The van der Waals surface area contributed by atoms with E-state index in [0.29, 0.717) is 10.8 Å². The zero-order valence-corrected chi connectivity index (χ0v) is 12.1. The molecule has 0 amide bonds. The normalized spacial score (nSPS) is 10.8. The summed E-state index contributed by atoms with van der Waals surface area (Å²) in [4.78, 5) is 38.7. The topological polar surface area (TPSA) is 104 Å². The standard InChI is InChI=1S/C15H11N3O5/c1-2-23-15(20)12-8-16-13-11-7-10(18(21)22)4-3-9(11)5-6-17(13)14(12)19/h3-8H,2H2,1H3. The summed E-state index contributed by atoms with van der Waals surface area (Å²) in [5, 5.41) is 12.1. The fourth-order valence-electron chi connectivity index (χ4n) is 2.31. The quantitative estimate of drug-likeness (QED) is 0.317. The van der Waals surface area contributed by atoms with Gasteiger partial charge in [0.15, 0.2) is 0 Å². The average molecular weight is 313 g/mol. The number of benzene rings is 1. The molecule has 0 bridgehead atoms. The molecule has 0 unspecified atom stereocenters. The third-order valence-corrected chi connectivity index (χ3v) is 3.38. The minimum atomic E-state index is -0.751. The Labute approximate surface area is 129 Å². The van der Waals surface area contributed by atoms with Gasteiger partial charge in [-0.15, -0.1) is 0 Å². The Bertz CT molecular complexity index is 1010. The number of ether oxygens (including phenoxy) is 1. The molecule has 0 saturated heterocycles. The lowest BCUT2D eigenvalue weighted by Crippen LogP contribution is -2.24. The van der Waals surface area contributed by atoms with Crippen LogP contribution in [0.4, 0.5) is 5.69 Å². The highest BCUT2D eigenvalue weighted by atomic mass is 16.6. The van der Waals surface area contributed by atoms with Crippen LogP contribution in [0.1, 0.15) is 17.3 Å². The Morgan fingerprint density at radius 3 is 2.87 bits per heavy atom. The lowest BCUT2D eigenvalue weighted by Gasteiger charge is -2.06. The van der Waals surface area contributed by atoms with Crippen LogP contribution >= 0.6 is 0 Å². The van der Waals surface area contributed by atoms with E-state index < -0.39 is 16.5 Å². The number of carbonyl (C=O) groups excluding carboxylic acids is 1. The predicted molar refractivity (Wildman–Crippen MR) is 81.6 cm³/mol. The van der Waals surface area contributed by atoms with Crippen molar-refractivity contribution in [3.05, 3.63) is 62.7 Å². The first-order chi connectivity index (χ1) is 11.0. The van der Waals surface area contributed by atoms with Crippen molar-refractivity contribution in [2.45, 2.75) is 6.92 Å². The molecule has 8 heteroatoms. The number of non-ortho nitro benzene ring substituents is 1. The van der Waals surface area contributed by atoms with Crippen LogP contribution < -0.4 is 5.56 Å². The number of nitrogens with zero attached hydrogens (tertiary/aromatic N) is 3. The van der Waals surface area contributed by atoms with Gasteiger partial charge >= 0.3 is 5.97 Å². The molecular weight excluding hydrogens is 302 g/mol. The molecule has 0 radical (unpaired) electrons. The second kappa shape index (κ2) is 5.48. The summed E-state index contributed by atoms with van der Waals surface area (Å²) < 4.78 is 5.99. The maximum atomic E-state index is 12.4. The highest BCUT2D eigenvalue weighted by molar-refractivity contribution is 5.96. The van der Waals surface area contributed by atoms with E-state index in [-0.39, 0.29) is 23.5 Å². The molecule has 8 nitrogen and oxygen atoms in total. The molecule has 0 saturated carbocycles. The second-order valence-electron chi connectivity index (χ2n) is 4.74. The first-order valence-electron chi connectivity index (χ1n) is 6.78. The first kappa shape index (κ1) is 14.6. The Morgan fingerprint density at radius 2 is 2.17 bits per heavy atom. The van der Waals surface area contributed by atoms with E-state index in [2.05, 4.69) is 4.98 Å². The van der Waals surface area contributed by atoms with Gasteiger partial charge in [-0.3, -0.25) is 19.3 Å². The number of pyridine rings is 1. The molecule has 1 aromatic carbocycles. The molecule has 0 fully saturated rings. The molecular formula is C15H11N3O5. The van der Waals surface area contributed by atoms with Crippen LogP contribution in [0.2, 0.25) is 0 Å². The van der Waals surface area contributed by atoms with E-state index in [4.69, 9.17) is 4.74 Å². The van der Waals surface area contributed by atoms with Crippen LogP contribution in [0.5, 0.6) is 0 Å². The van der Waals surface area contributed by atoms with Crippen molar-refractivity contribution in [2.24, 2.45) is 0 Å². The maximum absolute atomic E-state index is 12.4. The molecule has 3 aromatic rings. The van der Waals surface area contributed by atoms with Gasteiger partial charge in [0, 0.05) is 29.9 Å². The minimum absolute atomic E-state index is 0.102. The molecule has 0 N–H and O–H groups in total. The number of fused-ring (bicyclic) bond motifs is 3. The molecule has 0 atom stereocenters. The Balaban J connectivity index is 2.31. The Morgan fingerprint density at radius 1 is 1.39 bits per heavy atom. The van der Waals surface area contributed by atoms with Gasteiger partial charge in [0.05, 0.1) is 11.5 Å². The highest BCUT2D eigenvalue weighted by Gasteiger charge is 2.16. The van der Waals surface area contributed by atoms with Crippen molar-refractivity contribution < 1.29 is 14.5 Å². The Kier molecular flexibility index (Phi) is 3.49. The zero-order chi connectivity index (χ0) is 16.6. The van der Waals surface area contributed by atoms with Crippen LogP contribution in [-0.2, 0) is 4.74 Å². The molecule has 116 valence electrons. The van der Waals surface area contributed by atoms with E-state index in [0.717, 1.165) is 6.20 Å². The number of hydrogen-bond donors (Lipinski definition) is 0. The van der Waals surface area contributed by atoms with E-state index in [1.807, 2.05) is 0 Å². The van der Waals surface area contributed by atoms with Gasteiger partial charge in [-0.1, -0.05) is 0 Å². The van der Waals surface area contributed by atoms with Gasteiger partial charge in [-0.05, 0) is 24.4 Å². The molecule has 2 aromatic heterocycles. The fourth-order valence-corrected chi connectivity index (χ4v) is 2.31. The summed E-state index contributed by atoms with van der Waals surface area (Å²) in [5.74, 6) is -0.751. The number of rotatable bonds is 3. The van der Waals surface area contributed by atoms with Crippen molar-refractivity contribution in [2.75, 3.05) is 6.61 Å². The monoisotopic (exact) mass is 313 g/mol. The molecule has 2 heterocycles. The van der Waals surface area contributed by atoms with Crippen LogP contribution in [0.25, 0.3) is 16.4 Å². The summed E-state index contributed by atoms with van der Waals surface area (Å²) in [5.41, 5.74) is -0.630. The van der Waals surface area contributed by atoms with Gasteiger partial charge in [-0.2, -0.15) is 0 Å². The smallest absolute Gasteiger partial charge is 0.345 e. The first-order valence-corrected chi connectivity index (χ1v) is 6.78. The van der Waals surface area contributed by atoms with E-state index in [1.165, 1.54) is 22.7 Å². The van der Waals surface area contributed by atoms with Crippen molar-refractivity contribution in [3.63, 3.8) is 0 Å². The van der Waals surface area contributed by atoms with Gasteiger partial charge < -0.3 is 4.74 Å². The molecule has 0 aliphatic heterocycles. The van der Waals surface area contributed by atoms with Crippen molar-refractivity contribution in [1.29, 1.82) is 0 Å². The summed E-state index contributed by atoms with van der Waals surface area (Å²) in [6.07, 6.45) is 2.61. The predicted octanol–water partition coefficient (Wildman–Crippen LogP) is 1.93. The second-order valence-corrected chi connectivity index (χ2v) is 4.74. The number of aromatic nitrogens is 2. The summed E-state index contributed by atoms with van der Waals surface area (Å²) >= 11 is 0. The van der Waals surface area contributed by atoms with Crippen LogP contribution in [0, 0.1) is 10.1 Å². The number of nitro benzene ring substituents is 1. The number of esters is 1. The minimum Gasteiger partial charge on any atom is -0.462 e. The fraction of sp³-hybridized carbons (Fsp3) is 0.133. The van der Waals surface area contributed by atoms with Crippen molar-refractivity contribution in [3.8, 4) is 0 Å². The molecule has 0 aliphatic rings. The van der Waals surface area contributed by atoms with Crippen LogP contribution in [0.15, 0.2) is 41.5 Å². The zero-order valence-electron chi connectivity index (χ0n) is 12.1. The maximum Gasteiger partial charge on any atom is 0.345 e. The largest absolute Gasteiger partial charge is 0.462 e. The van der Waals surface area contributed by atoms with Gasteiger partial charge in [0.25, 0.3) is 11.2 Å².